The molecule has 1 atom stereocenters. The predicted octanol–water partition coefficient (Wildman–Crippen LogP) is 3.25. The lowest BCUT2D eigenvalue weighted by Crippen LogP contribution is -2.41. The molecule has 1 aromatic heterocycles. The number of halogens is 1. The van der Waals surface area contributed by atoms with Crippen LogP contribution in [0, 0.1) is 23.8 Å². The van der Waals surface area contributed by atoms with Gasteiger partial charge < -0.3 is 20.3 Å². The molecule has 32 heavy (non-hydrogen) atoms. The number of anilines is 2. The summed E-state index contributed by atoms with van der Waals surface area (Å²) in [6.45, 7) is 3.03. The molecule has 0 aliphatic carbocycles. The van der Waals surface area contributed by atoms with Gasteiger partial charge in [-0.15, -0.1) is 17.8 Å². The van der Waals surface area contributed by atoms with E-state index in [9.17, 15) is 9.59 Å². The van der Waals surface area contributed by atoms with E-state index in [0.29, 0.717) is 58.2 Å². The van der Waals surface area contributed by atoms with E-state index in [1.54, 1.807) is 37.3 Å². The van der Waals surface area contributed by atoms with Crippen LogP contribution in [0.1, 0.15) is 27.9 Å². The fourth-order valence-corrected chi connectivity index (χ4v) is 4.05. The molecule has 2 amide bonds. The van der Waals surface area contributed by atoms with Crippen molar-refractivity contribution in [2.24, 2.45) is 4.99 Å². The number of aliphatic imine (C=N–C) groups is 1. The summed E-state index contributed by atoms with van der Waals surface area (Å²) in [6.07, 6.45) is 7.63. The second-order valence-corrected chi connectivity index (χ2v) is 8.29. The molecule has 0 saturated carbocycles. The normalized spacial score (nSPS) is 15.9. The number of terminal acetylenes is 1. The number of amidine groups is 1. The van der Waals surface area contributed by atoms with Gasteiger partial charge in [0.25, 0.3) is 5.91 Å². The van der Waals surface area contributed by atoms with Crippen molar-refractivity contribution in [1.82, 2.24) is 5.32 Å². The van der Waals surface area contributed by atoms with E-state index in [-0.39, 0.29) is 5.91 Å². The number of hydrogen-bond donors (Lipinski definition) is 2. The van der Waals surface area contributed by atoms with E-state index >= 15 is 0 Å². The van der Waals surface area contributed by atoms with E-state index < -0.39 is 11.9 Å². The number of amides is 2. The summed E-state index contributed by atoms with van der Waals surface area (Å²) in [6, 6.07) is 7.56. The van der Waals surface area contributed by atoms with Gasteiger partial charge in [0.2, 0.25) is 12.1 Å². The highest BCUT2D eigenvalue weighted by atomic mass is 35.5. The summed E-state index contributed by atoms with van der Waals surface area (Å²) in [7, 11) is 0. The molecule has 1 aromatic carbocycles. The first kappa shape index (κ1) is 23.3. The van der Waals surface area contributed by atoms with Crippen LogP contribution >= 0.6 is 22.9 Å². The molecular formula is C22H20ClN5O3S. The standard InChI is InChI=1S/C22H20ClN5O3S/c1-3-16-5-7-19(32-16)22(30)26-14(2)21(29)27-15-4-6-18(17(23)12-15)28-9-11-31-10-8-20(28)25-13-24/h1,4-7,12,14H,8-11H2,2H3,(H,26,30)(H,27,29). The third-order valence-corrected chi connectivity index (χ3v) is 5.96. The lowest BCUT2D eigenvalue weighted by molar-refractivity contribution is -0.117. The molecule has 0 radical (unpaired) electrons. The van der Waals surface area contributed by atoms with Crippen molar-refractivity contribution in [2.45, 2.75) is 19.4 Å². The minimum absolute atomic E-state index is 0.375. The molecule has 164 valence electrons. The summed E-state index contributed by atoms with van der Waals surface area (Å²) in [5.74, 6) is 2.27. The fourth-order valence-electron chi connectivity index (χ4n) is 3.04. The number of nitriles is 1. The Morgan fingerprint density at radius 3 is 2.84 bits per heavy atom. The minimum Gasteiger partial charge on any atom is -0.379 e. The fraction of sp³-hybridized carbons (Fsp3) is 0.273. The van der Waals surface area contributed by atoms with Crippen LogP contribution in [0.3, 0.4) is 0 Å². The summed E-state index contributed by atoms with van der Waals surface area (Å²) in [4.78, 5) is 31.6. The van der Waals surface area contributed by atoms with Crippen molar-refractivity contribution in [3.8, 4) is 18.5 Å². The molecule has 1 fully saturated rings. The van der Waals surface area contributed by atoms with Gasteiger partial charge in [-0.2, -0.15) is 10.3 Å². The monoisotopic (exact) mass is 469 g/mol. The third kappa shape index (κ3) is 5.65. The van der Waals surface area contributed by atoms with Crippen LogP contribution in [0.25, 0.3) is 0 Å². The number of nitrogens with one attached hydrogen (secondary N) is 2. The van der Waals surface area contributed by atoms with E-state index in [0.717, 1.165) is 0 Å². The van der Waals surface area contributed by atoms with E-state index in [4.69, 9.17) is 28.0 Å². The number of hydrogen-bond acceptors (Lipinski definition) is 6. The Morgan fingerprint density at radius 2 is 2.16 bits per heavy atom. The first-order valence-corrected chi connectivity index (χ1v) is 10.9. The van der Waals surface area contributed by atoms with Crippen molar-refractivity contribution >= 4 is 52.0 Å². The maximum absolute atomic E-state index is 12.5. The van der Waals surface area contributed by atoms with Gasteiger partial charge in [-0.25, -0.2) is 0 Å². The molecule has 10 heteroatoms. The van der Waals surface area contributed by atoms with Crippen LogP contribution in [0.4, 0.5) is 11.4 Å². The lowest BCUT2D eigenvalue weighted by atomic mass is 10.2. The first-order chi connectivity index (χ1) is 15.4. The first-order valence-electron chi connectivity index (χ1n) is 9.71. The number of ether oxygens (including phenoxy) is 1. The van der Waals surface area contributed by atoms with Crippen LogP contribution in [0.15, 0.2) is 35.3 Å². The summed E-state index contributed by atoms with van der Waals surface area (Å²) in [5, 5.41) is 14.7. The van der Waals surface area contributed by atoms with Crippen LogP contribution in [0.5, 0.6) is 0 Å². The molecular weight excluding hydrogens is 450 g/mol. The molecule has 2 N–H and O–H groups in total. The Hall–Kier alpha value is -3.37. The minimum atomic E-state index is -0.783. The highest BCUT2D eigenvalue weighted by Crippen LogP contribution is 2.30. The number of carbonyl (C=O) groups is 2. The highest BCUT2D eigenvalue weighted by molar-refractivity contribution is 7.14. The molecule has 0 spiro atoms. The van der Waals surface area contributed by atoms with Crippen molar-refractivity contribution in [3.05, 3.63) is 45.1 Å². The molecule has 1 aliphatic rings. The van der Waals surface area contributed by atoms with Gasteiger partial charge in [0, 0.05) is 18.7 Å². The van der Waals surface area contributed by atoms with E-state index in [2.05, 4.69) is 21.5 Å². The molecule has 8 nitrogen and oxygen atoms in total. The number of thiophene rings is 1. The molecule has 2 aromatic rings. The Morgan fingerprint density at radius 1 is 1.34 bits per heavy atom. The average molecular weight is 470 g/mol. The Bertz CT molecular complexity index is 1130. The van der Waals surface area contributed by atoms with Crippen molar-refractivity contribution in [1.29, 1.82) is 5.26 Å². The molecule has 3 rings (SSSR count). The molecule has 1 saturated heterocycles. The third-order valence-electron chi connectivity index (χ3n) is 4.64. The van der Waals surface area contributed by atoms with Crippen molar-refractivity contribution < 1.29 is 14.3 Å². The average Bonchev–Trinajstić information content (AvgIpc) is 3.15. The Balaban J connectivity index is 1.67. The number of carbonyl (C=O) groups excluding carboxylic acids is 2. The van der Waals surface area contributed by atoms with Gasteiger partial charge in [-0.05, 0) is 37.3 Å². The van der Waals surface area contributed by atoms with Gasteiger partial charge in [0.1, 0.15) is 11.9 Å². The van der Waals surface area contributed by atoms with Crippen molar-refractivity contribution in [2.75, 3.05) is 30.0 Å². The quantitative estimate of drug-likeness (QED) is 0.516. The van der Waals surface area contributed by atoms with Gasteiger partial charge in [0.05, 0.1) is 33.7 Å². The van der Waals surface area contributed by atoms with E-state index in [1.165, 1.54) is 11.3 Å². The van der Waals surface area contributed by atoms with Crippen molar-refractivity contribution in [3.63, 3.8) is 0 Å². The number of nitrogens with zero attached hydrogens (tertiary/aromatic N) is 3. The molecule has 1 unspecified atom stereocenters. The number of rotatable bonds is 5. The second kappa shape index (κ2) is 10.8. The van der Waals surface area contributed by atoms with Gasteiger partial charge in [-0.3, -0.25) is 9.59 Å². The predicted molar refractivity (Wildman–Crippen MR) is 125 cm³/mol. The zero-order valence-corrected chi connectivity index (χ0v) is 18.8. The highest BCUT2D eigenvalue weighted by Gasteiger charge is 2.21. The summed E-state index contributed by atoms with van der Waals surface area (Å²) < 4.78 is 5.46. The summed E-state index contributed by atoms with van der Waals surface area (Å²) >= 11 is 7.65. The Kier molecular flexibility index (Phi) is 7.85. The molecule has 2 heterocycles. The van der Waals surface area contributed by atoms with Crippen LogP contribution in [0.2, 0.25) is 5.02 Å². The molecule has 1 aliphatic heterocycles. The number of benzene rings is 1. The SMILES string of the molecule is C#Cc1ccc(C(=O)NC(C)C(=O)Nc2ccc(N3CCOCCC3=NC#N)c(Cl)c2)s1. The maximum atomic E-state index is 12.5. The van der Waals surface area contributed by atoms with Crippen LogP contribution < -0.4 is 15.5 Å². The summed E-state index contributed by atoms with van der Waals surface area (Å²) in [5.41, 5.74) is 1.13. The van der Waals surface area contributed by atoms with Crippen LogP contribution in [-0.4, -0.2) is 43.5 Å². The lowest BCUT2D eigenvalue weighted by Gasteiger charge is -2.24. The zero-order valence-electron chi connectivity index (χ0n) is 17.2. The Labute approximate surface area is 194 Å². The largest absolute Gasteiger partial charge is 0.379 e. The second-order valence-electron chi connectivity index (χ2n) is 6.80. The van der Waals surface area contributed by atoms with Gasteiger partial charge in [-0.1, -0.05) is 17.5 Å². The maximum Gasteiger partial charge on any atom is 0.262 e. The smallest absolute Gasteiger partial charge is 0.262 e. The zero-order chi connectivity index (χ0) is 23.1. The van der Waals surface area contributed by atoms with Gasteiger partial charge in [0.15, 0.2) is 0 Å². The van der Waals surface area contributed by atoms with Gasteiger partial charge >= 0.3 is 0 Å². The van der Waals surface area contributed by atoms with E-state index in [1.807, 2.05) is 11.1 Å². The molecule has 0 bridgehead atoms. The topological polar surface area (TPSA) is 107 Å². The van der Waals surface area contributed by atoms with Crippen LogP contribution in [-0.2, 0) is 9.53 Å².